The Labute approximate surface area is 155 Å². The molecular weight excluding hydrogens is 407 g/mol. The molecule has 11 heteroatoms. The lowest BCUT2D eigenvalue weighted by Gasteiger charge is -2.10. The summed E-state index contributed by atoms with van der Waals surface area (Å²) in [4.78, 5) is -1.45. The highest BCUT2D eigenvalue weighted by Gasteiger charge is 2.41. The molecule has 0 unspecified atom stereocenters. The summed E-state index contributed by atoms with van der Waals surface area (Å²) in [6.07, 6.45) is -5.02. The largest absolute Gasteiger partial charge is 0.453 e. The fourth-order valence-electron chi connectivity index (χ4n) is 2.64. The van der Waals surface area contributed by atoms with E-state index < -0.39 is 49.6 Å². The number of sulfonamides is 1. The van der Waals surface area contributed by atoms with Crippen molar-refractivity contribution in [2.75, 3.05) is 0 Å². The summed E-state index contributed by atoms with van der Waals surface area (Å²) >= 11 is 0. The van der Waals surface area contributed by atoms with Gasteiger partial charge in [-0.05, 0) is 24.6 Å². The number of alkyl halides is 3. The van der Waals surface area contributed by atoms with Crippen molar-refractivity contribution in [1.29, 1.82) is 0 Å². The third kappa shape index (κ3) is 3.62. The normalized spacial score (nSPS) is 12.4. The van der Waals surface area contributed by atoms with E-state index in [0.717, 1.165) is 5.56 Å². The molecule has 0 radical (unpaired) electrons. The first-order valence-electron chi connectivity index (χ1n) is 7.55. The number of hydrogen-bond acceptors (Lipinski definition) is 4. The third-order valence-corrected chi connectivity index (χ3v) is 4.81. The second-order valence-corrected chi connectivity index (χ2v) is 7.41. The van der Waals surface area contributed by atoms with Crippen LogP contribution in [0.4, 0.5) is 22.0 Å². The van der Waals surface area contributed by atoms with Gasteiger partial charge in [0.25, 0.3) is 0 Å². The van der Waals surface area contributed by atoms with Crippen LogP contribution in [0.5, 0.6) is 0 Å². The summed E-state index contributed by atoms with van der Waals surface area (Å²) < 4.78 is 95.5. The number of nitrogens with two attached hydrogens (primary N) is 1. The molecule has 0 aliphatic heterocycles. The van der Waals surface area contributed by atoms with Gasteiger partial charge in [-0.2, -0.15) is 13.2 Å². The fraction of sp³-hybridized carbons (Fsp3) is 0.118. The highest BCUT2D eigenvalue weighted by atomic mass is 32.2. The summed E-state index contributed by atoms with van der Waals surface area (Å²) in [7, 11) is -4.77. The molecule has 1 aromatic heterocycles. The molecule has 2 N–H and O–H groups in total. The number of nitrogens with zero attached hydrogens (tertiary/aromatic N) is 1. The van der Waals surface area contributed by atoms with Crippen LogP contribution in [0.1, 0.15) is 11.3 Å². The van der Waals surface area contributed by atoms with Gasteiger partial charge >= 0.3 is 6.18 Å². The molecule has 3 aromatic rings. The lowest BCUT2D eigenvalue weighted by Crippen LogP contribution is -2.16. The summed E-state index contributed by atoms with van der Waals surface area (Å²) in [5.41, 5.74) is -0.619. The monoisotopic (exact) mass is 418 g/mol. The van der Waals surface area contributed by atoms with Crippen LogP contribution >= 0.6 is 0 Å². The standard InChI is InChI=1S/C17H11F5N2O3S/c1-8-2-4-9(5-3-8)14-13(16(27-24-14)17(20,21)22)10-6-11(18)15(12(19)7-10)28(23,25)26/h2-7H,1H3,(H2,23,25,26). The van der Waals surface area contributed by atoms with Gasteiger partial charge in [-0.1, -0.05) is 35.0 Å². The molecule has 0 amide bonds. The molecule has 1 heterocycles. The first-order chi connectivity index (χ1) is 12.9. The van der Waals surface area contributed by atoms with Crippen LogP contribution in [0, 0.1) is 18.6 Å². The van der Waals surface area contributed by atoms with Crippen molar-refractivity contribution in [2.45, 2.75) is 18.0 Å². The van der Waals surface area contributed by atoms with Crippen LogP contribution in [0.25, 0.3) is 22.4 Å². The second-order valence-electron chi connectivity index (χ2n) is 5.91. The van der Waals surface area contributed by atoms with Crippen molar-refractivity contribution >= 4 is 10.0 Å². The number of halogens is 5. The minimum absolute atomic E-state index is 0.205. The molecular formula is C17H11F5N2O3S. The summed E-state index contributed by atoms with van der Waals surface area (Å²) in [5, 5.41) is 8.15. The van der Waals surface area contributed by atoms with E-state index in [2.05, 4.69) is 9.68 Å². The van der Waals surface area contributed by atoms with Crippen molar-refractivity contribution in [3.63, 3.8) is 0 Å². The maximum Gasteiger partial charge on any atom is 0.453 e. The van der Waals surface area contributed by atoms with Crippen LogP contribution in [0.2, 0.25) is 0 Å². The molecule has 0 spiro atoms. The Morgan fingerprint density at radius 2 is 1.54 bits per heavy atom. The van der Waals surface area contributed by atoms with Crippen molar-refractivity contribution in [1.82, 2.24) is 5.16 Å². The summed E-state index contributed by atoms with van der Waals surface area (Å²) in [6, 6.07) is 6.99. The molecule has 148 valence electrons. The van der Waals surface area contributed by atoms with E-state index in [1.54, 1.807) is 19.1 Å². The van der Waals surface area contributed by atoms with Crippen LogP contribution in [0.3, 0.4) is 0 Å². The van der Waals surface area contributed by atoms with E-state index >= 15 is 0 Å². The molecule has 2 aromatic carbocycles. The SMILES string of the molecule is Cc1ccc(-c2noc(C(F)(F)F)c2-c2cc(F)c(S(N)(=O)=O)c(F)c2)cc1. The molecule has 0 saturated heterocycles. The van der Waals surface area contributed by atoms with E-state index in [1.165, 1.54) is 12.1 Å². The Balaban J connectivity index is 2.32. The van der Waals surface area contributed by atoms with Gasteiger partial charge in [-0.15, -0.1) is 0 Å². The summed E-state index contributed by atoms with van der Waals surface area (Å²) in [5.74, 6) is -4.85. The number of hydrogen-bond donors (Lipinski definition) is 1. The van der Waals surface area contributed by atoms with Gasteiger partial charge in [-0.25, -0.2) is 22.3 Å². The lowest BCUT2D eigenvalue weighted by molar-refractivity contribution is -0.154. The topological polar surface area (TPSA) is 86.2 Å². The molecule has 3 rings (SSSR count). The molecule has 0 saturated carbocycles. The second kappa shape index (κ2) is 6.67. The van der Waals surface area contributed by atoms with Gasteiger partial charge in [0, 0.05) is 5.56 Å². The Morgan fingerprint density at radius 1 is 1.00 bits per heavy atom. The predicted molar refractivity (Wildman–Crippen MR) is 88.4 cm³/mol. The molecule has 0 atom stereocenters. The van der Waals surface area contributed by atoms with Gasteiger partial charge in [0.1, 0.15) is 17.3 Å². The van der Waals surface area contributed by atoms with Crippen molar-refractivity contribution in [3.05, 3.63) is 59.4 Å². The van der Waals surface area contributed by atoms with Gasteiger partial charge in [0.05, 0.1) is 5.56 Å². The van der Waals surface area contributed by atoms with Crippen molar-refractivity contribution in [2.24, 2.45) is 5.14 Å². The fourth-order valence-corrected chi connectivity index (χ4v) is 3.30. The number of primary sulfonamides is 1. The maximum atomic E-state index is 14.2. The van der Waals surface area contributed by atoms with Crippen LogP contribution in [-0.4, -0.2) is 13.6 Å². The number of aromatic nitrogens is 1. The first-order valence-corrected chi connectivity index (χ1v) is 9.10. The minimum Gasteiger partial charge on any atom is -0.350 e. The van der Waals surface area contributed by atoms with Crippen molar-refractivity contribution < 1.29 is 34.9 Å². The number of aryl methyl sites for hydroxylation is 1. The molecule has 5 nitrogen and oxygen atoms in total. The highest BCUT2D eigenvalue weighted by molar-refractivity contribution is 7.89. The highest BCUT2D eigenvalue weighted by Crippen LogP contribution is 2.43. The van der Waals surface area contributed by atoms with E-state index in [-0.39, 0.29) is 11.3 Å². The zero-order valence-corrected chi connectivity index (χ0v) is 14.8. The van der Waals surface area contributed by atoms with Crippen molar-refractivity contribution in [3.8, 4) is 22.4 Å². The zero-order valence-electron chi connectivity index (χ0n) is 14.0. The Morgan fingerprint density at radius 3 is 2.00 bits per heavy atom. The molecule has 0 aliphatic carbocycles. The predicted octanol–water partition coefficient (Wildman–Crippen LogP) is 4.26. The third-order valence-electron chi connectivity index (χ3n) is 3.85. The Kier molecular flexibility index (Phi) is 4.76. The van der Waals surface area contributed by atoms with E-state index in [0.29, 0.717) is 12.1 Å². The first kappa shape index (κ1) is 20.0. The van der Waals surface area contributed by atoms with Gasteiger partial charge in [0.15, 0.2) is 4.90 Å². The average molecular weight is 418 g/mol. The minimum atomic E-state index is -5.02. The molecule has 0 fully saturated rings. The van der Waals surface area contributed by atoms with E-state index in [4.69, 9.17) is 5.14 Å². The molecule has 28 heavy (non-hydrogen) atoms. The lowest BCUT2D eigenvalue weighted by atomic mass is 9.98. The maximum absolute atomic E-state index is 14.2. The molecule has 0 bridgehead atoms. The Hall–Kier alpha value is -2.79. The summed E-state index contributed by atoms with van der Waals surface area (Å²) in [6.45, 7) is 1.76. The van der Waals surface area contributed by atoms with E-state index in [1.807, 2.05) is 0 Å². The zero-order chi connectivity index (χ0) is 20.9. The Bertz CT molecular complexity index is 1130. The van der Waals surface area contributed by atoms with Gasteiger partial charge in [0.2, 0.25) is 15.8 Å². The number of rotatable bonds is 3. The van der Waals surface area contributed by atoms with Crippen LogP contribution in [0.15, 0.2) is 45.8 Å². The average Bonchev–Trinajstić information content (AvgIpc) is 2.98. The van der Waals surface area contributed by atoms with Crippen LogP contribution < -0.4 is 5.14 Å². The van der Waals surface area contributed by atoms with Crippen LogP contribution in [-0.2, 0) is 16.2 Å². The smallest absolute Gasteiger partial charge is 0.350 e. The number of benzene rings is 2. The van der Waals surface area contributed by atoms with Gasteiger partial charge in [-0.3, -0.25) is 0 Å². The molecule has 0 aliphatic rings. The quantitative estimate of drug-likeness (QED) is 0.644. The van der Waals surface area contributed by atoms with Gasteiger partial charge < -0.3 is 4.52 Å². The van der Waals surface area contributed by atoms with E-state index in [9.17, 15) is 30.4 Å².